The van der Waals surface area contributed by atoms with Crippen molar-refractivity contribution in [2.45, 2.75) is 26.4 Å². The summed E-state index contributed by atoms with van der Waals surface area (Å²) in [7, 11) is 0. The van der Waals surface area contributed by atoms with Crippen LogP contribution in [0.25, 0.3) is 0 Å². The van der Waals surface area contributed by atoms with Crippen molar-refractivity contribution in [3.8, 4) is 5.75 Å². The molecule has 0 amide bonds. The molecule has 0 saturated heterocycles. The van der Waals surface area contributed by atoms with Gasteiger partial charge >= 0.3 is 5.97 Å². The lowest BCUT2D eigenvalue weighted by Gasteiger charge is -2.17. The van der Waals surface area contributed by atoms with Crippen LogP contribution in [0.4, 0.5) is 10.1 Å². The first-order chi connectivity index (χ1) is 8.10. The van der Waals surface area contributed by atoms with Gasteiger partial charge in [-0.1, -0.05) is 13.0 Å². The smallest absolute Gasteiger partial charge is 0.347 e. The number of hydrogen-bond acceptors (Lipinski definition) is 4. The van der Waals surface area contributed by atoms with Gasteiger partial charge in [0, 0.05) is 0 Å². The van der Waals surface area contributed by atoms with E-state index in [0.717, 1.165) is 0 Å². The van der Waals surface area contributed by atoms with Gasteiger partial charge in [0.05, 0.1) is 12.3 Å². The van der Waals surface area contributed by atoms with Gasteiger partial charge in [-0.25, -0.2) is 9.18 Å². The van der Waals surface area contributed by atoms with E-state index in [1.807, 2.05) is 0 Å². The quantitative estimate of drug-likeness (QED) is 0.633. The summed E-state index contributed by atoms with van der Waals surface area (Å²) in [6.07, 6.45) is -0.457. The lowest BCUT2D eigenvalue weighted by atomic mass is 10.2. The van der Waals surface area contributed by atoms with E-state index in [2.05, 4.69) is 0 Å². The Balaban J connectivity index is 2.84. The minimum absolute atomic E-state index is 0.104. The molecule has 0 spiro atoms. The molecule has 0 aliphatic heterocycles. The number of nitrogen functional groups attached to an aromatic ring is 1. The van der Waals surface area contributed by atoms with Crippen LogP contribution in [-0.2, 0) is 9.53 Å². The summed E-state index contributed by atoms with van der Waals surface area (Å²) in [5.41, 5.74) is 5.74. The first-order valence-electron chi connectivity index (χ1n) is 5.47. The van der Waals surface area contributed by atoms with Crippen molar-refractivity contribution in [3.63, 3.8) is 0 Å². The van der Waals surface area contributed by atoms with Crippen molar-refractivity contribution in [3.05, 3.63) is 24.0 Å². The van der Waals surface area contributed by atoms with Crippen LogP contribution in [0.3, 0.4) is 0 Å². The van der Waals surface area contributed by atoms with Gasteiger partial charge in [-0.3, -0.25) is 0 Å². The van der Waals surface area contributed by atoms with Crippen LogP contribution in [-0.4, -0.2) is 18.7 Å². The van der Waals surface area contributed by atoms with E-state index >= 15 is 0 Å². The Morgan fingerprint density at radius 1 is 1.47 bits per heavy atom. The molecular formula is C12H16FNO3. The fourth-order valence-corrected chi connectivity index (χ4v) is 1.33. The van der Waals surface area contributed by atoms with Gasteiger partial charge in [0.1, 0.15) is 0 Å². The number of ether oxygens (including phenoxy) is 2. The van der Waals surface area contributed by atoms with E-state index in [1.165, 1.54) is 18.2 Å². The van der Waals surface area contributed by atoms with Crippen LogP contribution in [0.1, 0.15) is 20.3 Å². The van der Waals surface area contributed by atoms with Crippen molar-refractivity contribution in [2.24, 2.45) is 0 Å². The number of esters is 1. The predicted molar refractivity (Wildman–Crippen MR) is 62.2 cm³/mol. The summed E-state index contributed by atoms with van der Waals surface area (Å²) >= 11 is 0. The van der Waals surface area contributed by atoms with Gasteiger partial charge in [-0.15, -0.1) is 0 Å². The van der Waals surface area contributed by atoms with E-state index < -0.39 is 17.9 Å². The zero-order chi connectivity index (χ0) is 12.8. The molecule has 0 fully saturated rings. The minimum Gasteiger partial charge on any atom is -0.473 e. The van der Waals surface area contributed by atoms with E-state index in [9.17, 15) is 9.18 Å². The highest BCUT2D eigenvalue weighted by atomic mass is 19.1. The normalized spacial score (nSPS) is 11.9. The third-order valence-electron chi connectivity index (χ3n) is 2.18. The third-order valence-corrected chi connectivity index (χ3v) is 2.18. The molecule has 4 nitrogen and oxygen atoms in total. The number of nitrogens with two attached hydrogens (primary N) is 1. The Kier molecular flexibility index (Phi) is 4.75. The summed E-state index contributed by atoms with van der Waals surface area (Å²) in [5.74, 6) is -1.21. The maximum absolute atomic E-state index is 13.4. The van der Waals surface area contributed by atoms with E-state index in [-0.39, 0.29) is 18.0 Å². The van der Waals surface area contributed by atoms with Crippen molar-refractivity contribution >= 4 is 11.7 Å². The summed E-state index contributed by atoms with van der Waals surface area (Å²) in [5, 5.41) is 0. The van der Waals surface area contributed by atoms with Crippen LogP contribution in [0, 0.1) is 5.82 Å². The molecule has 0 saturated carbocycles. The first kappa shape index (κ1) is 13.3. The lowest BCUT2D eigenvalue weighted by Crippen LogP contribution is -2.29. The van der Waals surface area contributed by atoms with Crippen LogP contribution >= 0.6 is 0 Å². The van der Waals surface area contributed by atoms with Crippen molar-refractivity contribution < 1.29 is 18.7 Å². The number of anilines is 1. The number of hydrogen-bond donors (Lipinski definition) is 1. The zero-order valence-electron chi connectivity index (χ0n) is 9.90. The molecule has 1 rings (SSSR count). The van der Waals surface area contributed by atoms with Crippen LogP contribution in [0.15, 0.2) is 18.2 Å². The molecule has 1 atom stereocenters. The maximum Gasteiger partial charge on any atom is 0.347 e. The summed E-state index contributed by atoms with van der Waals surface area (Å²) in [6.45, 7) is 3.70. The zero-order valence-corrected chi connectivity index (χ0v) is 9.90. The molecule has 0 heterocycles. The van der Waals surface area contributed by atoms with Crippen LogP contribution in [0.2, 0.25) is 0 Å². The highest BCUT2D eigenvalue weighted by molar-refractivity contribution is 5.75. The Morgan fingerprint density at radius 2 is 2.18 bits per heavy atom. The second-order valence-corrected chi connectivity index (χ2v) is 3.42. The van der Waals surface area contributed by atoms with E-state index in [0.29, 0.717) is 6.42 Å². The molecule has 2 N–H and O–H groups in total. The molecule has 1 aromatic rings. The number of benzene rings is 1. The Hall–Kier alpha value is -1.78. The van der Waals surface area contributed by atoms with Crippen LogP contribution in [0.5, 0.6) is 5.75 Å². The molecule has 0 aliphatic carbocycles. The molecule has 94 valence electrons. The van der Waals surface area contributed by atoms with E-state index in [1.54, 1.807) is 13.8 Å². The second kappa shape index (κ2) is 6.08. The largest absolute Gasteiger partial charge is 0.473 e. The second-order valence-electron chi connectivity index (χ2n) is 3.42. The average molecular weight is 241 g/mol. The Bertz CT molecular complexity index is 375. The maximum atomic E-state index is 13.4. The van der Waals surface area contributed by atoms with Gasteiger partial charge in [-0.05, 0) is 25.5 Å². The predicted octanol–water partition coefficient (Wildman–Crippen LogP) is 2.13. The summed E-state index contributed by atoms with van der Waals surface area (Å²) in [4.78, 5) is 11.5. The molecule has 17 heavy (non-hydrogen) atoms. The van der Waals surface area contributed by atoms with Gasteiger partial charge in [-0.2, -0.15) is 0 Å². The molecule has 0 aromatic heterocycles. The summed E-state index contributed by atoms with van der Waals surface area (Å²) < 4.78 is 23.5. The Morgan fingerprint density at radius 3 is 2.71 bits per heavy atom. The summed E-state index contributed by atoms with van der Waals surface area (Å²) in [6, 6.07) is 4.21. The SMILES string of the molecule is CCOC(=O)C(CC)Oc1c(N)cccc1F. The topological polar surface area (TPSA) is 61.5 Å². The number of para-hydroxylation sites is 1. The molecule has 1 aromatic carbocycles. The van der Waals surface area contributed by atoms with Gasteiger partial charge in [0.2, 0.25) is 0 Å². The van der Waals surface area contributed by atoms with Gasteiger partial charge < -0.3 is 15.2 Å². The van der Waals surface area contributed by atoms with Crippen molar-refractivity contribution in [2.75, 3.05) is 12.3 Å². The Labute approximate surface area is 99.5 Å². The molecular weight excluding hydrogens is 225 g/mol. The van der Waals surface area contributed by atoms with E-state index in [4.69, 9.17) is 15.2 Å². The number of rotatable bonds is 5. The van der Waals surface area contributed by atoms with Gasteiger partial charge in [0.15, 0.2) is 17.7 Å². The molecule has 1 unspecified atom stereocenters. The molecule has 0 aliphatic rings. The number of halogens is 1. The molecule has 0 bridgehead atoms. The number of carbonyl (C=O) groups is 1. The molecule has 5 heteroatoms. The van der Waals surface area contributed by atoms with Crippen LogP contribution < -0.4 is 10.5 Å². The molecule has 0 radical (unpaired) electrons. The standard InChI is InChI=1S/C12H16FNO3/c1-3-10(12(15)16-4-2)17-11-8(13)6-5-7-9(11)14/h5-7,10H,3-4,14H2,1-2H3. The highest BCUT2D eigenvalue weighted by Crippen LogP contribution is 2.26. The van der Waals surface area contributed by atoms with Crippen molar-refractivity contribution in [1.29, 1.82) is 0 Å². The highest BCUT2D eigenvalue weighted by Gasteiger charge is 2.22. The minimum atomic E-state index is -0.839. The number of carbonyl (C=O) groups excluding carboxylic acids is 1. The average Bonchev–Trinajstić information content (AvgIpc) is 2.29. The first-order valence-corrected chi connectivity index (χ1v) is 5.47. The van der Waals surface area contributed by atoms with Gasteiger partial charge in [0.25, 0.3) is 0 Å². The third kappa shape index (κ3) is 3.34. The monoisotopic (exact) mass is 241 g/mol. The van der Waals surface area contributed by atoms with Crippen molar-refractivity contribution in [1.82, 2.24) is 0 Å². The fourth-order valence-electron chi connectivity index (χ4n) is 1.33. The fraction of sp³-hybridized carbons (Fsp3) is 0.417. The lowest BCUT2D eigenvalue weighted by molar-refractivity contribution is -0.151.